The Labute approximate surface area is 130 Å². The molecule has 0 atom stereocenters. The van der Waals surface area contributed by atoms with Crippen molar-refractivity contribution in [3.05, 3.63) is 0 Å². The molecule has 116 valence electrons. The number of carbonyl (C=O) groups excluding carboxylic acids is 2. The third-order valence-electron chi connectivity index (χ3n) is 2.07. The van der Waals surface area contributed by atoms with E-state index >= 15 is 0 Å². The number of alkyl halides is 3. The average molecular weight is 367 g/mol. The normalized spacial score (nSPS) is 12.3. The largest absolute Gasteiger partial charge is 0.471 e. The van der Waals surface area contributed by atoms with Crippen LogP contribution in [0, 0.1) is 0 Å². The van der Waals surface area contributed by atoms with E-state index in [1.54, 1.807) is 0 Å². The SMILES string of the molecule is CCOC(=O)CN(C(=O)C(F)(F)F)C(P=S)(SC)SC. The van der Waals surface area contributed by atoms with Gasteiger partial charge in [-0.1, -0.05) is 11.8 Å². The molecule has 0 heterocycles. The molecule has 0 N–H and O–H groups in total. The number of amides is 1. The number of rotatable bonds is 7. The molecule has 0 saturated carbocycles. The summed E-state index contributed by atoms with van der Waals surface area (Å²) in [5.74, 6) is -3.01. The highest BCUT2D eigenvalue weighted by Crippen LogP contribution is 2.47. The second kappa shape index (κ2) is 8.41. The van der Waals surface area contributed by atoms with E-state index in [4.69, 9.17) is 11.8 Å². The predicted octanol–water partition coefficient (Wildman–Crippen LogP) is 2.69. The number of hydrogen-bond donors (Lipinski definition) is 0. The molecule has 0 aromatic heterocycles. The number of thioether (sulfide) groups is 2. The van der Waals surface area contributed by atoms with Crippen LogP contribution in [-0.2, 0) is 26.1 Å². The van der Waals surface area contributed by atoms with E-state index in [-0.39, 0.29) is 14.0 Å². The molecular weight excluding hydrogens is 354 g/mol. The van der Waals surface area contributed by atoms with E-state index in [1.165, 1.54) is 19.4 Å². The summed E-state index contributed by atoms with van der Waals surface area (Å²) in [5.41, 5.74) is 0. The smallest absolute Gasteiger partial charge is 0.465 e. The number of hydrogen-bond acceptors (Lipinski definition) is 6. The molecule has 11 heteroatoms. The van der Waals surface area contributed by atoms with Gasteiger partial charge in [-0.25, -0.2) is 0 Å². The zero-order valence-corrected chi connectivity index (χ0v) is 14.2. The second-order valence-corrected chi connectivity index (χ2v) is 7.48. The van der Waals surface area contributed by atoms with Gasteiger partial charge in [0.1, 0.15) is 6.54 Å². The third kappa shape index (κ3) is 5.05. The second-order valence-electron chi connectivity index (χ2n) is 3.24. The number of halogens is 3. The molecule has 0 aliphatic rings. The Morgan fingerprint density at radius 2 is 1.80 bits per heavy atom. The topological polar surface area (TPSA) is 46.6 Å². The molecular formula is C9H13F3NO3PS3. The first kappa shape index (κ1) is 19.9. The van der Waals surface area contributed by atoms with E-state index in [9.17, 15) is 22.8 Å². The van der Waals surface area contributed by atoms with Gasteiger partial charge in [0.05, 0.1) is 6.61 Å². The Morgan fingerprint density at radius 3 is 2.10 bits per heavy atom. The Hall–Kier alpha value is -0.0500. The van der Waals surface area contributed by atoms with Gasteiger partial charge in [-0.15, -0.1) is 23.5 Å². The van der Waals surface area contributed by atoms with Gasteiger partial charge in [0.2, 0.25) is 0 Å². The summed E-state index contributed by atoms with van der Waals surface area (Å²) in [7, 11) is 0.108. The van der Waals surface area contributed by atoms with Crippen LogP contribution < -0.4 is 0 Å². The first-order valence-electron chi connectivity index (χ1n) is 5.17. The van der Waals surface area contributed by atoms with E-state index in [0.29, 0.717) is 4.90 Å². The van der Waals surface area contributed by atoms with Crippen LogP contribution in [0.2, 0.25) is 0 Å². The molecule has 4 nitrogen and oxygen atoms in total. The number of nitrogens with zero attached hydrogens (tertiary/aromatic N) is 1. The molecule has 0 aromatic carbocycles. The Bertz CT molecular complexity index is 377. The van der Waals surface area contributed by atoms with Crippen molar-refractivity contribution >= 4 is 54.6 Å². The lowest BCUT2D eigenvalue weighted by Gasteiger charge is -2.37. The van der Waals surface area contributed by atoms with Gasteiger partial charge >= 0.3 is 18.1 Å². The molecule has 0 fully saturated rings. The van der Waals surface area contributed by atoms with Crippen molar-refractivity contribution in [2.24, 2.45) is 0 Å². The Balaban J connectivity index is 5.51. The molecule has 0 bridgehead atoms. The fraction of sp³-hybridized carbons (Fsp3) is 0.778. The summed E-state index contributed by atoms with van der Waals surface area (Å²) in [6.45, 7) is 0.747. The van der Waals surface area contributed by atoms with Gasteiger partial charge in [0.15, 0.2) is 3.94 Å². The highest BCUT2D eigenvalue weighted by Gasteiger charge is 2.50. The summed E-state index contributed by atoms with van der Waals surface area (Å²) in [6, 6.07) is 0. The van der Waals surface area contributed by atoms with Gasteiger partial charge in [-0.05, 0) is 19.4 Å². The predicted molar refractivity (Wildman–Crippen MR) is 78.4 cm³/mol. The van der Waals surface area contributed by atoms with Crippen LogP contribution in [0.5, 0.6) is 0 Å². The fourth-order valence-electron chi connectivity index (χ4n) is 1.22. The minimum absolute atomic E-state index is 0.0179. The monoisotopic (exact) mass is 367 g/mol. The molecule has 1 amide bonds. The molecule has 0 rings (SSSR count). The summed E-state index contributed by atoms with van der Waals surface area (Å²) in [5, 5.41) is 0. The van der Waals surface area contributed by atoms with Crippen LogP contribution in [0.1, 0.15) is 6.92 Å². The van der Waals surface area contributed by atoms with Crippen LogP contribution in [0.4, 0.5) is 13.2 Å². The van der Waals surface area contributed by atoms with Crippen molar-refractivity contribution in [1.29, 1.82) is 0 Å². The van der Waals surface area contributed by atoms with E-state index < -0.39 is 28.5 Å². The van der Waals surface area contributed by atoms with Crippen molar-refractivity contribution in [2.45, 2.75) is 17.0 Å². The summed E-state index contributed by atoms with van der Waals surface area (Å²) >= 11 is 6.78. The van der Waals surface area contributed by atoms with Crippen LogP contribution in [0.15, 0.2) is 0 Å². The molecule has 0 radical (unpaired) electrons. The first-order valence-corrected chi connectivity index (χ1v) is 9.53. The summed E-state index contributed by atoms with van der Waals surface area (Å²) in [4.78, 5) is 23.4. The number of ether oxygens (including phenoxy) is 1. The van der Waals surface area contributed by atoms with Crippen molar-refractivity contribution < 1.29 is 27.5 Å². The lowest BCUT2D eigenvalue weighted by atomic mass is 10.4. The quantitative estimate of drug-likeness (QED) is 0.392. The van der Waals surface area contributed by atoms with Crippen molar-refractivity contribution in [2.75, 3.05) is 25.7 Å². The molecule has 0 aliphatic heterocycles. The lowest BCUT2D eigenvalue weighted by molar-refractivity contribution is -0.187. The minimum atomic E-state index is -5.08. The minimum Gasteiger partial charge on any atom is -0.465 e. The highest BCUT2D eigenvalue weighted by atomic mass is 32.4. The molecule has 0 spiro atoms. The zero-order chi connectivity index (χ0) is 16.0. The van der Waals surface area contributed by atoms with Gasteiger partial charge in [0, 0.05) is 7.36 Å². The van der Waals surface area contributed by atoms with Gasteiger partial charge < -0.3 is 4.74 Å². The zero-order valence-electron chi connectivity index (χ0n) is 10.9. The third-order valence-corrected chi connectivity index (χ3v) is 8.17. The van der Waals surface area contributed by atoms with Crippen LogP contribution in [0.25, 0.3) is 0 Å². The van der Waals surface area contributed by atoms with Crippen molar-refractivity contribution in [1.82, 2.24) is 4.90 Å². The van der Waals surface area contributed by atoms with Crippen LogP contribution >= 0.6 is 30.9 Å². The first-order chi connectivity index (χ1) is 9.18. The average Bonchev–Trinajstić information content (AvgIpc) is 2.38. The van der Waals surface area contributed by atoms with Gasteiger partial charge in [-0.3, -0.25) is 14.5 Å². The Morgan fingerprint density at radius 1 is 1.30 bits per heavy atom. The van der Waals surface area contributed by atoms with Crippen molar-refractivity contribution in [3.8, 4) is 0 Å². The fourth-order valence-corrected chi connectivity index (χ4v) is 5.11. The van der Waals surface area contributed by atoms with Crippen LogP contribution in [0.3, 0.4) is 0 Å². The number of carbonyl (C=O) groups is 2. The summed E-state index contributed by atoms with van der Waals surface area (Å²) < 4.78 is 41.3. The molecule has 0 unspecified atom stereocenters. The standard InChI is InChI=1S/C9H13F3NO3PS3/c1-4-16-6(14)5-13(7(15)8(10,11)12)9(17-18,19-2)20-3/h4-5H2,1-3H3. The maximum atomic E-state index is 12.7. The highest BCUT2D eigenvalue weighted by molar-refractivity contribution is 8.27. The molecule has 0 saturated heterocycles. The number of esters is 1. The maximum absolute atomic E-state index is 12.7. The van der Waals surface area contributed by atoms with E-state index in [1.807, 2.05) is 0 Å². The van der Waals surface area contributed by atoms with E-state index in [2.05, 4.69) is 4.74 Å². The molecule has 0 aliphatic carbocycles. The van der Waals surface area contributed by atoms with Crippen molar-refractivity contribution in [3.63, 3.8) is 0 Å². The maximum Gasteiger partial charge on any atom is 0.471 e. The Kier molecular flexibility index (Phi) is 8.39. The summed E-state index contributed by atoms with van der Waals surface area (Å²) in [6.07, 6.45) is -2.03. The van der Waals surface area contributed by atoms with Gasteiger partial charge in [-0.2, -0.15) is 13.2 Å². The molecule has 0 aromatic rings. The van der Waals surface area contributed by atoms with Gasteiger partial charge in [0.25, 0.3) is 0 Å². The lowest BCUT2D eigenvalue weighted by Crippen LogP contribution is -2.51. The molecule has 20 heavy (non-hydrogen) atoms. The van der Waals surface area contributed by atoms with Crippen LogP contribution in [-0.4, -0.2) is 52.6 Å². The van der Waals surface area contributed by atoms with E-state index in [0.717, 1.165) is 23.5 Å².